The highest BCUT2D eigenvalue weighted by Gasteiger charge is 2.12. The van der Waals surface area contributed by atoms with E-state index in [2.05, 4.69) is 5.32 Å². The Morgan fingerprint density at radius 3 is 2.21 bits per heavy atom. The fourth-order valence-corrected chi connectivity index (χ4v) is 4.03. The molecule has 5 rings (SSSR count). The van der Waals surface area contributed by atoms with E-state index in [0.29, 0.717) is 5.02 Å². The van der Waals surface area contributed by atoms with Gasteiger partial charge < -0.3 is 15.2 Å². The van der Waals surface area contributed by atoms with Crippen LogP contribution in [0.3, 0.4) is 0 Å². The van der Waals surface area contributed by atoms with Crippen molar-refractivity contribution in [1.29, 1.82) is 0 Å². The Morgan fingerprint density at radius 2 is 1.55 bits per heavy atom. The van der Waals surface area contributed by atoms with Crippen LogP contribution in [0.2, 0.25) is 5.02 Å². The van der Waals surface area contributed by atoms with Crippen LogP contribution in [0, 0.1) is 0 Å². The van der Waals surface area contributed by atoms with Gasteiger partial charge in [0.25, 0.3) is 0 Å². The van der Waals surface area contributed by atoms with Crippen LogP contribution in [0.4, 0.5) is 11.4 Å². The smallest absolute Gasteiger partial charge is 0.335 e. The van der Waals surface area contributed by atoms with Crippen molar-refractivity contribution in [2.75, 3.05) is 12.4 Å². The van der Waals surface area contributed by atoms with Gasteiger partial charge in [0.05, 0.1) is 29.4 Å². The lowest BCUT2D eigenvalue weighted by atomic mass is 10.0. The number of hydrogen-bond acceptors (Lipinski definition) is 4. The number of aromatic nitrogens is 1. The van der Waals surface area contributed by atoms with Crippen LogP contribution in [-0.4, -0.2) is 23.2 Å². The van der Waals surface area contributed by atoms with Crippen molar-refractivity contribution in [3.05, 3.63) is 95.5 Å². The first-order chi connectivity index (χ1) is 16.0. The molecule has 1 aromatic heterocycles. The second kappa shape index (κ2) is 8.45. The lowest BCUT2D eigenvalue weighted by Gasteiger charge is -2.15. The number of hydrogen-bond donors (Lipinski definition) is 2. The summed E-state index contributed by atoms with van der Waals surface area (Å²) in [6, 6.07) is 26.3. The number of pyridine rings is 1. The minimum atomic E-state index is -0.935. The van der Waals surface area contributed by atoms with E-state index < -0.39 is 5.97 Å². The predicted molar refractivity (Wildman–Crippen MR) is 133 cm³/mol. The fourth-order valence-electron chi connectivity index (χ4n) is 3.85. The van der Waals surface area contributed by atoms with Gasteiger partial charge in [-0.1, -0.05) is 35.9 Å². The topological polar surface area (TPSA) is 71.5 Å². The largest absolute Gasteiger partial charge is 0.497 e. The van der Waals surface area contributed by atoms with E-state index in [4.69, 9.17) is 26.4 Å². The Morgan fingerprint density at radius 1 is 0.848 bits per heavy atom. The summed E-state index contributed by atoms with van der Waals surface area (Å²) in [6.07, 6.45) is 0. The van der Waals surface area contributed by atoms with Crippen molar-refractivity contribution < 1.29 is 14.6 Å². The summed E-state index contributed by atoms with van der Waals surface area (Å²) in [5.41, 5.74) is 5.69. The quantitative estimate of drug-likeness (QED) is 0.276. The summed E-state index contributed by atoms with van der Waals surface area (Å²) in [7, 11) is 1.64. The third kappa shape index (κ3) is 4.06. The molecule has 5 aromatic rings. The van der Waals surface area contributed by atoms with E-state index in [1.54, 1.807) is 19.2 Å². The van der Waals surface area contributed by atoms with E-state index >= 15 is 0 Å². The van der Waals surface area contributed by atoms with Crippen molar-refractivity contribution >= 4 is 50.8 Å². The summed E-state index contributed by atoms with van der Waals surface area (Å²) in [6.45, 7) is 0. The zero-order valence-corrected chi connectivity index (χ0v) is 18.4. The van der Waals surface area contributed by atoms with E-state index in [0.717, 1.165) is 50.1 Å². The van der Waals surface area contributed by atoms with Crippen LogP contribution in [0.15, 0.2) is 84.9 Å². The molecule has 4 aromatic carbocycles. The first kappa shape index (κ1) is 20.8. The molecule has 33 heavy (non-hydrogen) atoms. The monoisotopic (exact) mass is 454 g/mol. The number of nitrogens with one attached hydrogen (secondary N) is 1. The normalized spacial score (nSPS) is 11.0. The maximum absolute atomic E-state index is 11.1. The molecule has 0 saturated heterocycles. The number of halogens is 1. The molecule has 0 amide bonds. The van der Waals surface area contributed by atoms with Crippen LogP contribution in [-0.2, 0) is 0 Å². The number of nitrogens with zero attached hydrogens (tertiary/aromatic N) is 1. The fraction of sp³-hybridized carbons (Fsp3) is 0.0370. The third-order valence-electron chi connectivity index (χ3n) is 5.56. The number of rotatable bonds is 5. The second-order valence-electron chi connectivity index (χ2n) is 7.62. The predicted octanol–water partition coefficient (Wildman–Crippen LogP) is 7.16. The number of carboxylic acid groups (broad SMARTS) is 1. The summed E-state index contributed by atoms with van der Waals surface area (Å²) < 4.78 is 5.37. The standard InChI is InChI=1S/C27H19ClN2O3/c1-33-21-11-12-22-25(15-21)30-24-13-8-19(28)14-23(24)26(22)29-20-9-6-17(7-10-20)16-2-4-18(5-3-16)27(31)32/h2-15H,1H3,(H,29,30)(H,31,32). The molecule has 0 unspecified atom stereocenters. The van der Waals surface area contributed by atoms with Gasteiger partial charge in [0.1, 0.15) is 5.75 Å². The van der Waals surface area contributed by atoms with Crippen molar-refractivity contribution in [2.45, 2.75) is 0 Å². The highest BCUT2D eigenvalue weighted by molar-refractivity contribution is 6.31. The first-order valence-electron chi connectivity index (χ1n) is 10.3. The van der Waals surface area contributed by atoms with Crippen LogP contribution >= 0.6 is 11.6 Å². The number of carboxylic acids is 1. The van der Waals surface area contributed by atoms with Crippen molar-refractivity contribution in [1.82, 2.24) is 4.98 Å². The van der Waals surface area contributed by atoms with Crippen LogP contribution < -0.4 is 10.1 Å². The van der Waals surface area contributed by atoms with Gasteiger partial charge in [-0.3, -0.25) is 0 Å². The Kier molecular flexibility index (Phi) is 5.32. The SMILES string of the molecule is COc1ccc2c(Nc3ccc(-c4ccc(C(=O)O)cc4)cc3)c3cc(Cl)ccc3nc2c1. The van der Waals surface area contributed by atoms with E-state index in [1.165, 1.54) is 0 Å². The summed E-state index contributed by atoms with van der Waals surface area (Å²) >= 11 is 6.30. The molecule has 6 heteroatoms. The minimum absolute atomic E-state index is 0.267. The molecule has 5 nitrogen and oxygen atoms in total. The number of aromatic carboxylic acids is 1. The van der Waals surface area contributed by atoms with Gasteiger partial charge in [0, 0.05) is 27.5 Å². The van der Waals surface area contributed by atoms with Crippen LogP contribution in [0.1, 0.15) is 10.4 Å². The number of ether oxygens (including phenoxy) is 1. The first-order valence-corrected chi connectivity index (χ1v) is 10.7. The Hall–Kier alpha value is -4.09. The summed E-state index contributed by atoms with van der Waals surface area (Å²) in [5, 5.41) is 15.2. The average molecular weight is 455 g/mol. The molecule has 162 valence electrons. The van der Waals surface area contributed by atoms with Crippen LogP contribution in [0.25, 0.3) is 32.9 Å². The number of anilines is 2. The number of carbonyl (C=O) groups is 1. The summed E-state index contributed by atoms with van der Waals surface area (Å²) in [4.78, 5) is 15.9. The highest BCUT2D eigenvalue weighted by Crippen LogP contribution is 2.36. The van der Waals surface area contributed by atoms with Crippen molar-refractivity contribution in [3.63, 3.8) is 0 Å². The van der Waals surface area contributed by atoms with E-state index in [-0.39, 0.29) is 5.56 Å². The van der Waals surface area contributed by atoms with Crippen molar-refractivity contribution in [3.8, 4) is 16.9 Å². The minimum Gasteiger partial charge on any atom is -0.497 e. The van der Waals surface area contributed by atoms with Gasteiger partial charge in [-0.15, -0.1) is 0 Å². The van der Waals surface area contributed by atoms with E-state index in [9.17, 15) is 4.79 Å². The highest BCUT2D eigenvalue weighted by atomic mass is 35.5. The number of fused-ring (bicyclic) bond motifs is 2. The Labute approximate surface area is 195 Å². The second-order valence-corrected chi connectivity index (χ2v) is 8.05. The van der Waals surface area contributed by atoms with Crippen LogP contribution in [0.5, 0.6) is 5.75 Å². The third-order valence-corrected chi connectivity index (χ3v) is 5.80. The number of methoxy groups -OCH3 is 1. The lowest BCUT2D eigenvalue weighted by Crippen LogP contribution is -1.96. The van der Waals surface area contributed by atoms with Gasteiger partial charge in [0.2, 0.25) is 0 Å². The number of benzene rings is 4. The molecule has 0 aliphatic rings. The molecule has 0 saturated carbocycles. The molecule has 0 spiro atoms. The maximum atomic E-state index is 11.1. The van der Waals surface area contributed by atoms with Crippen molar-refractivity contribution in [2.24, 2.45) is 0 Å². The van der Waals surface area contributed by atoms with Gasteiger partial charge in [-0.05, 0) is 65.7 Å². The molecular weight excluding hydrogens is 436 g/mol. The molecule has 0 aliphatic carbocycles. The average Bonchev–Trinajstić information content (AvgIpc) is 2.84. The van der Waals surface area contributed by atoms with Gasteiger partial charge in [-0.25, -0.2) is 9.78 Å². The lowest BCUT2D eigenvalue weighted by molar-refractivity contribution is 0.0697. The van der Waals surface area contributed by atoms with Gasteiger partial charge in [-0.2, -0.15) is 0 Å². The molecule has 0 radical (unpaired) electrons. The maximum Gasteiger partial charge on any atom is 0.335 e. The molecule has 0 atom stereocenters. The molecule has 0 aliphatic heterocycles. The van der Waals surface area contributed by atoms with Gasteiger partial charge >= 0.3 is 5.97 Å². The summed E-state index contributed by atoms with van der Waals surface area (Å²) in [5.74, 6) is -0.192. The Balaban J connectivity index is 1.55. The van der Waals surface area contributed by atoms with E-state index in [1.807, 2.05) is 72.8 Å². The zero-order chi connectivity index (χ0) is 22.9. The molecule has 1 heterocycles. The molecule has 2 N–H and O–H groups in total. The van der Waals surface area contributed by atoms with Gasteiger partial charge in [0.15, 0.2) is 0 Å². The Bertz CT molecular complexity index is 1500. The zero-order valence-electron chi connectivity index (χ0n) is 17.7. The molecular formula is C27H19ClN2O3. The molecule has 0 fully saturated rings. The molecule has 0 bridgehead atoms.